The molecule has 1 atom stereocenters. The number of hydrogen-bond donors (Lipinski definition) is 2. The maximum atomic E-state index is 13.4. The SMILES string of the molecule is Cc1cc([C@H](C)Nc2ccccc2C(=O)O)c2nc(N3CCOCC3)n(CC(F)(F)F)c(=O)c2c1. The van der Waals surface area contributed by atoms with E-state index in [0.29, 0.717) is 47.7 Å². The normalized spacial score (nSPS) is 15.3. The van der Waals surface area contributed by atoms with Crippen molar-refractivity contribution in [2.75, 3.05) is 36.5 Å². The molecule has 1 aliphatic heterocycles. The van der Waals surface area contributed by atoms with Gasteiger partial charge in [0.1, 0.15) is 6.54 Å². The number of fused-ring (bicyclic) bond motifs is 1. The summed E-state index contributed by atoms with van der Waals surface area (Å²) in [5.74, 6) is -1.16. The van der Waals surface area contributed by atoms with Gasteiger partial charge in [-0.3, -0.25) is 9.36 Å². The Morgan fingerprint density at radius 2 is 1.91 bits per heavy atom. The predicted octanol–water partition coefficient (Wildman–Crippen LogP) is 3.98. The molecule has 11 heteroatoms. The van der Waals surface area contributed by atoms with Gasteiger partial charge in [0.05, 0.1) is 35.7 Å². The number of carbonyl (C=O) groups is 1. The molecule has 0 saturated carbocycles. The van der Waals surface area contributed by atoms with Crippen LogP contribution in [-0.2, 0) is 11.3 Å². The van der Waals surface area contributed by atoms with E-state index < -0.39 is 30.3 Å². The predicted molar refractivity (Wildman–Crippen MR) is 125 cm³/mol. The molecule has 0 unspecified atom stereocenters. The topological polar surface area (TPSA) is 96.7 Å². The van der Waals surface area contributed by atoms with E-state index in [4.69, 9.17) is 4.74 Å². The Labute approximate surface area is 199 Å². The summed E-state index contributed by atoms with van der Waals surface area (Å²) >= 11 is 0. The van der Waals surface area contributed by atoms with Gasteiger partial charge in [0.2, 0.25) is 5.95 Å². The van der Waals surface area contributed by atoms with Gasteiger partial charge < -0.3 is 20.1 Å². The summed E-state index contributed by atoms with van der Waals surface area (Å²) in [5.41, 5.74) is 1.19. The monoisotopic (exact) mass is 490 g/mol. The quantitative estimate of drug-likeness (QED) is 0.540. The lowest BCUT2D eigenvalue weighted by atomic mass is 10.0. The van der Waals surface area contributed by atoms with Crippen molar-refractivity contribution in [3.05, 3.63) is 63.4 Å². The van der Waals surface area contributed by atoms with Crippen LogP contribution < -0.4 is 15.8 Å². The van der Waals surface area contributed by atoms with Gasteiger partial charge >= 0.3 is 12.1 Å². The maximum Gasteiger partial charge on any atom is 0.406 e. The van der Waals surface area contributed by atoms with Gasteiger partial charge in [-0.15, -0.1) is 0 Å². The average molecular weight is 490 g/mol. The number of nitrogens with one attached hydrogen (secondary N) is 1. The van der Waals surface area contributed by atoms with E-state index in [2.05, 4.69) is 10.3 Å². The molecule has 0 spiro atoms. The first-order valence-electron chi connectivity index (χ1n) is 11.1. The Hall–Kier alpha value is -3.60. The van der Waals surface area contributed by atoms with Crippen molar-refractivity contribution in [1.82, 2.24) is 9.55 Å². The lowest BCUT2D eigenvalue weighted by molar-refractivity contribution is -0.141. The van der Waals surface area contributed by atoms with Crippen molar-refractivity contribution in [1.29, 1.82) is 0 Å². The number of aryl methyl sites for hydroxylation is 1. The van der Waals surface area contributed by atoms with Crippen molar-refractivity contribution in [2.24, 2.45) is 0 Å². The largest absolute Gasteiger partial charge is 0.478 e. The second-order valence-electron chi connectivity index (χ2n) is 8.48. The van der Waals surface area contributed by atoms with Gasteiger partial charge in [0.25, 0.3) is 5.56 Å². The molecule has 0 amide bonds. The number of alkyl halides is 3. The zero-order chi connectivity index (χ0) is 25.3. The third-order valence-corrected chi connectivity index (χ3v) is 5.84. The highest BCUT2D eigenvalue weighted by molar-refractivity contribution is 5.94. The number of halogens is 3. The molecule has 4 rings (SSSR count). The number of aromatic nitrogens is 2. The van der Waals surface area contributed by atoms with E-state index in [9.17, 15) is 27.9 Å². The summed E-state index contributed by atoms with van der Waals surface area (Å²) in [6, 6.07) is 9.23. The smallest absolute Gasteiger partial charge is 0.406 e. The molecule has 35 heavy (non-hydrogen) atoms. The van der Waals surface area contributed by atoms with E-state index in [0.717, 1.165) is 0 Å². The van der Waals surface area contributed by atoms with Crippen molar-refractivity contribution < 1.29 is 27.8 Å². The van der Waals surface area contributed by atoms with Crippen molar-refractivity contribution in [3.8, 4) is 0 Å². The highest BCUT2D eigenvalue weighted by Gasteiger charge is 2.32. The van der Waals surface area contributed by atoms with E-state index in [1.807, 2.05) is 0 Å². The lowest BCUT2D eigenvalue weighted by Gasteiger charge is -2.30. The average Bonchev–Trinajstić information content (AvgIpc) is 2.80. The number of carboxylic acids is 1. The van der Waals surface area contributed by atoms with Crippen LogP contribution in [0.4, 0.5) is 24.8 Å². The molecular formula is C24H25F3N4O4. The number of hydrogen-bond acceptors (Lipinski definition) is 6. The van der Waals surface area contributed by atoms with Crippen LogP contribution in [0.25, 0.3) is 10.9 Å². The summed E-state index contributed by atoms with van der Waals surface area (Å²) in [5, 5.41) is 12.7. The number of para-hydroxylation sites is 1. The summed E-state index contributed by atoms with van der Waals surface area (Å²) in [6.07, 6.45) is -4.61. The maximum absolute atomic E-state index is 13.4. The third kappa shape index (κ3) is 5.24. The molecule has 3 aromatic rings. The number of aromatic carboxylic acids is 1. The molecule has 2 N–H and O–H groups in total. The van der Waals surface area contributed by atoms with Crippen LogP contribution in [0.2, 0.25) is 0 Å². The molecule has 1 saturated heterocycles. The fourth-order valence-corrected chi connectivity index (χ4v) is 4.25. The minimum atomic E-state index is -4.61. The van der Waals surface area contributed by atoms with Gasteiger partial charge in [0, 0.05) is 24.3 Å². The number of rotatable bonds is 6. The number of morpholine rings is 1. The number of anilines is 2. The minimum absolute atomic E-state index is 0.0636. The second-order valence-corrected chi connectivity index (χ2v) is 8.48. The minimum Gasteiger partial charge on any atom is -0.478 e. The molecule has 0 aliphatic carbocycles. The fourth-order valence-electron chi connectivity index (χ4n) is 4.25. The van der Waals surface area contributed by atoms with Crippen LogP contribution in [0.3, 0.4) is 0 Å². The Bertz CT molecular complexity index is 1320. The van der Waals surface area contributed by atoms with Gasteiger partial charge in [0.15, 0.2) is 0 Å². The molecule has 1 fully saturated rings. The van der Waals surface area contributed by atoms with Crippen LogP contribution in [0, 0.1) is 6.92 Å². The molecular weight excluding hydrogens is 465 g/mol. The first-order valence-corrected chi connectivity index (χ1v) is 11.1. The molecule has 1 aromatic heterocycles. The van der Waals surface area contributed by atoms with E-state index in [-0.39, 0.29) is 22.4 Å². The number of ether oxygens (including phenoxy) is 1. The van der Waals surface area contributed by atoms with Gasteiger partial charge in [-0.1, -0.05) is 18.2 Å². The highest BCUT2D eigenvalue weighted by Crippen LogP contribution is 2.30. The van der Waals surface area contributed by atoms with Gasteiger partial charge in [-0.05, 0) is 37.6 Å². The van der Waals surface area contributed by atoms with Crippen LogP contribution in [0.1, 0.15) is 34.5 Å². The van der Waals surface area contributed by atoms with Crippen LogP contribution in [0.5, 0.6) is 0 Å². The van der Waals surface area contributed by atoms with Crippen LogP contribution >= 0.6 is 0 Å². The van der Waals surface area contributed by atoms with Crippen molar-refractivity contribution in [2.45, 2.75) is 32.6 Å². The molecule has 0 radical (unpaired) electrons. The summed E-state index contributed by atoms with van der Waals surface area (Å²) in [6.45, 7) is 3.29. The van der Waals surface area contributed by atoms with Gasteiger partial charge in [-0.25, -0.2) is 9.78 Å². The lowest BCUT2D eigenvalue weighted by Crippen LogP contribution is -2.42. The number of nitrogens with zero attached hydrogens (tertiary/aromatic N) is 3. The van der Waals surface area contributed by atoms with Gasteiger partial charge in [-0.2, -0.15) is 13.2 Å². The first-order chi connectivity index (χ1) is 16.5. The zero-order valence-corrected chi connectivity index (χ0v) is 19.2. The molecule has 1 aliphatic rings. The molecule has 186 valence electrons. The van der Waals surface area contributed by atoms with Crippen LogP contribution in [0.15, 0.2) is 41.2 Å². The van der Waals surface area contributed by atoms with E-state index >= 15 is 0 Å². The molecule has 0 bridgehead atoms. The summed E-state index contributed by atoms with van der Waals surface area (Å²) in [4.78, 5) is 31.2. The Morgan fingerprint density at radius 3 is 2.57 bits per heavy atom. The number of carboxylic acid groups (broad SMARTS) is 1. The Balaban J connectivity index is 1.88. The summed E-state index contributed by atoms with van der Waals surface area (Å²) in [7, 11) is 0. The second kappa shape index (κ2) is 9.57. The molecule has 2 aromatic carbocycles. The van der Waals surface area contributed by atoms with Crippen LogP contribution in [-0.4, -0.2) is 53.1 Å². The van der Waals surface area contributed by atoms with E-state index in [1.165, 1.54) is 12.1 Å². The van der Waals surface area contributed by atoms with Crippen molar-refractivity contribution >= 4 is 28.5 Å². The first kappa shape index (κ1) is 24.5. The Kier molecular flexibility index (Phi) is 6.70. The third-order valence-electron chi connectivity index (χ3n) is 5.84. The van der Waals surface area contributed by atoms with E-state index in [1.54, 1.807) is 43.0 Å². The van der Waals surface area contributed by atoms with Crippen molar-refractivity contribution in [3.63, 3.8) is 0 Å². The standard InChI is InChI=1S/C24H25F3N4O4/c1-14-11-17(15(2)28-19-6-4-3-5-16(19)22(33)34)20-18(12-14)21(32)31(13-24(25,26)27)23(29-20)30-7-9-35-10-8-30/h3-6,11-12,15,28H,7-10,13H2,1-2H3,(H,33,34)/t15-/m0/s1. The molecule has 2 heterocycles. The number of benzene rings is 2. The Morgan fingerprint density at radius 1 is 1.23 bits per heavy atom. The highest BCUT2D eigenvalue weighted by atomic mass is 19.4. The summed E-state index contributed by atoms with van der Waals surface area (Å²) < 4.78 is 46.2. The molecule has 8 nitrogen and oxygen atoms in total. The fraction of sp³-hybridized carbons (Fsp3) is 0.375. The zero-order valence-electron chi connectivity index (χ0n) is 19.2.